The zero-order chi connectivity index (χ0) is 14.5. The lowest BCUT2D eigenvalue weighted by Crippen LogP contribution is -2.34. The minimum absolute atomic E-state index is 0. The number of carbonyl (C=O) groups excluding carboxylic acids is 1. The highest BCUT2D eigenvalue weighted by atomic mass is 35.5. The van der Waals surface area contributed by atoms with Crippen LogP contribution in [0.4, 0.5) is 5.69 Å². The summed E-state index contributed by atoms with van der Waals surface area (Å²) in [4.78, 5) is 16.1. The minimum Gasteiger partial charge on any atom is -0.323 e. The number of rotatable bonds is 4. The van der Waals surface area contributed by atoms with Crippen LogP contribution in [0.1, 0.15) is 18.4 Å². The van der Waals surface area contributed by atoms with Crippen molar-refractivity contribution in [2.75, 3.05) is 18.4 Å². The molecule has 0 saturated carbocycles. The molecule has 1 aliphatic rings. The maximum Gasteiger partial charge on any atom is 0.227 e. The molecule has 22 heavy (non-hydrogen) atoms. The van der Waals surface area contributed by atoms with Gasteiger partial charge in [-0.15, -0.1) is 12.4 Å². The van der Waals surface area contributed by atoms with Crippen LogP contribution in [0.5, 0.6) is 0 Å². The molecule has 0 aromatic carbocycles. The van der Waals surface area contributed by atoms with Crippen molar-refractivity contribution < 1.29 is 4.79 Å². The predicted molar refractivity (Wildman–Crippen MR) is 87.0 cm³/mol. The molecule has 3 rings (SSSR count). The predicted octanol–water partition coefficient (Wildman–Crippen LogP) is 1.69. The average molecular weight is 322 g/mol. The molecule has 2 aromatic heterocycles. The molecule has 0 radical (unpaired) electrons. The van der Waals surface area contributed by atoms with E-state index in [1.54, 1.807) is 18.6 Å². The van der Waals surface area contributed by atoms with Crippen molar-refractivity contribution in [3.8, 4) is 0 Å². The van der Waals surface area contributed by atoms with E-state index in [1.807, 2.05) is 23.0 Å². The summed E-state index contributed by atoms with van der Waals surface area (Å²) in [5, 5.41) is 10.5. The molecular formula is C15H20ClN5O. The molecule has 1 aliphatic heterocycles. The molecule has 1 amide bonds. The van der Waals surface area contributed by atoms with Crippen LogP contribution in [0.25, 0.3) is 0 Å². The smallest absolute Gasteiger partial charge is 0.227 e. The van der Waals surface area contributed by atoms with Gasteiger partial charge in [-0.2, -0.15) is 5.10 Å². The Morgan fingerprint density at radius 3 is 2.77 bits per heavy atom. The van der Waals surface area contributed by atoms with E-state index >= 15 is 0 Å². The first-order valence-electron chi connectivity index (χ1n) is 7.24. The van der Waals surface area contributed by atoms with Gasteiger partial charge in [0.25, 0.3) is 0 Å². The molecule has 1 saturated heterocycles. The second kappa shape index (κ2) is 7.91. The molecule has 1 fully saturated rings. The van der Waals surface area contributed by atoms with Crippen LogP contribution in [-0.4, -0.2) is 33.8 Å². The van der Waals surface area contributed by atoms with Crippen LogP contribution in [0.15, 0.2) is 36.9 Å². The Morgan fingerprint density at radius 1 is 1.32 bits per heavy atom. The third-order valence-electron chi connectivity index (χ3n) is 3.70. The quantitative estimate of drug-likeness (QED) is 0.899. The van der Waals surface area contributed by atoms with Gasteiger partial charge in [0, 0.05) is 24.5 Å². The number of pyridine rings is 1. The number of piperidine rings is 1. The molecule has 0 aliphatic carbocycles. The van der Waals surface area contributed by atoms with Crippen molar-refractivity contribution in [1.82, 2.24) is 20.1 Å². The first kappa shape index (κ1) is 16.5. The SMILES string of the molecule is Cl.O=C(Nc1cnn(Cc2ccncc2)c1)C1CCNCC1. The van der Waals surface area contributed by atoms with Gasteiger partial charge < -0.3 is 10.6 Å². The van der Waals surface area contributed by atoms with Crippen LogP contribution in [0, 0.1) is 5.92 Å². The third kappa shape index (κ3) is 4.29. The third-order valence-corrected chi connectivity index (χ3v) is 3.70. The molecule has 3 heterocycles. The highest BCUT2D eigenvalue weighted by Gasteiger charge is 2.21. The Bertz CT molecular complexity index is 595. The highest BCUT2D eigenvalue weighted by Crippen LogP contribution is 2.15. The first-order chi connectivity index (χ1) is 10.3. The zero-order valence-electron chi connectivity index (χ0n) is 12.2. The fourth-order valence-electron chi connectivity index (χ4n) is 2.52. The van der Waals surface area contributed by atoms with Crippen molar-refractivity contribution in [3.63, 3.8) is 0 Å². The summed E-state index contributed by atoms with van der Waals surface area (Å²) < 4.78 is 1.81. The second-order valence-corrected chi connectivity index (χ2v) is 5.30. The molecule has 118 valence electrons. The molecular weight excluding hydrogens is 302 g/mol. The highest BCUT2D eigenvalue weighted by molar-refractivity contribution is 5.92. The number of nitrogens with zero attached hydrogens (tertiary/aromatic N) is 3. The molecule has 0 atom stereocenters. The Balaban J connectivity index is 0.00000176. The van der Waals surface area contributed by atoms with Gasteiger partial charge in [0.15, 0.2) is 0 Å². The van der Waals surface area contributed by atoms with E-state index < -0.39 is 0 Å². The summed E-state index contributed by atoms with van der Waals surface area (Å²) in [6.07, 6.45) is 8.88. The van der Waals surface area contributed by atoms with E-state index in [1.165, 1.54) is 0 Å². The van der Waals surface area contributed by atoms with E-state index in [0.717, 1.165) is 37.2 Å². The molecule has 0 bridgehead atoms. The van der Waals surface area contributed by atoms with Gasteiger partial charge in [-0.25, -0.2) is 0 Å². The minimum atomic E-state index is 0. The number of halogens is 1. The molecule has 2 N–H and O–H groups in total. The van der Waals surface area contributed by atoms with Crippen molar-refractivity contribution in [2.45, 2.75) is 19.4 Å². The zero-order valence-corrected chi connectivity index (χ0v) is 13.1. The van der Waals surface area contributed by atoms with Crippen molar-refractivity contribution in [3.05, 3.63) is 42.5 Å². The lowest BCUT2D eigenvalue weighted by Gasteiger charge is -2.21. The fourth-order valence-corrected chi connectivity index (χ4v) is 2.52. The first-order valence-corrected chi connectivity index (χ1v) is 7.24. The van der Waals surface area contributed by atoms with Crippen LogP contribution < -0.4 is 10.6 Å². The number of anilines is 1. The Labute approximate surface area is 135 Å². The van der Waals surface area contributed by atoms with Gasteiger partial charge in [-0.05, 0) is 43.6 Å². The van der Waals surface area contributed by atoms with Gasteiger partial charge in [0.05, 0.1) is 18.4 Å². The number of hydrogen-bond donors (Lipinski definition) is 2. The largest absolute Gasteiger partial charge is 0.323 e. The van der Waals surface area contributed by atoms with E-state index in [9.17, 15) is 4.79 Å². The fraction of sp³-hybridized carbons (Fsp3) is 0.400. The molecule has 0 spiro atoms. The number of amides is 1. The summed E-state index contributed by atoms with van der Waals surface area (Å²) in [6, 6.07) is 3.91. The number of carbonyl (C=O) groups is 1. The summed E-state index contributed by atoms with van der Waals surface area (Å²) in [5.74, 6) is 0.203. The van der Waals surface area contributed by atoms with Crippen molar-refractivity contribution in [1.29, 1.82) is 0 Å². The normalized spacial score (nSPS) is 15.1. The van der Waals surface area contributed by atoms with E-state index in [-0.39, 0.29) is 24.2 Å². The van der Waals surface area contributed by atoms with Crippen LogP contribution in [0.3, 0.4) is 0 Å². The van der Waals surface area contributed by atoms with Gasteiger partial charge in [0.2, 0.25) is 5.91 Å². The summed E-state index contributed by atoms with van der Waals surface area (Å²) in [7, 11) is 0. The van der Waals surface area contributed by atoms with Gasteiger partial charge >= 0.3 is 0 Å². The molecule has 6 nitrogen and oxygen atoms in total. The lowest BCUT2D eigenvalue weighted by atomic mass is 9.97. The summed E-state index contributed by atoms with van der Waals surface area (Å²) >= 11 is 0. The number of hydrogen-bond acceptors (Lipinski definition) is 4. The Hall–Kier alpha value is -1.92. The number of aromatic nitrogens is 3. The molecule has 0 unspecified atom stereocenters. The van der Waals surface area contributed by atoms with E-state index in [4.69, 9.17) is 0 Å². The van der Waals surface area contributed by atoms with Crippen molar-refractivity contribution in [2.24, 2.45) is 5.92 Å². The van der Waals surface area contributed by atoms with E-state index in [0.29, 0.717) is 6.54 Å². The maximum atomic E-state index is 12.2. The summed E-state index contributed by atoms with van der Waals surface area (Å²) in [5.41, 5.74) is 1.89. The van der Waals surface area contributed by atoms with E-state index in [2.05, 4.69) is 20.7 Å². The Morgan fingerprint density at radius 2 is 2.05 bits per heavy atom. The number of nitrogens with one attached hydrogen (secondary N) is 2. The van der Waals surface area contributed by atoms with Gasteiger partial charge in [-0.3, -0.25) is 14.5 Å². The van der Waals surface area contributed by atoms with Gasteiger partial charge in [0.1, 0.15) is 0 Å². The average Bonchev–Trinajstić information content (AvgIpc) is 2.96. The second-order valence-electron chi connectivity index (χ2n) is 5.30. The van der Waals surface area contributed by atoms with Crippen LogP contribution in [-0.2, 0) is 11.3 Å². The molecule has 2 aromatic rings. The van der Waals surface area contributed by atoms with Crippen LogP contribution in [0.2, 0.25) is 0 Å². The van der Waals surface area contributed by atoms with Crippen molar-refractivity contribution >= 4 is 24.0 Å². The maximum absolute atomic E-state index is 12.2. The van der Waals surface area contributed by atoms with Gasteiger partial charge in [-0.1, -0.05) is 0 Å². The topological polar surface area (TPSA) is 71.8 Å². The Kier molecular flexibility index (Phi) is 5.91. The lowest BCUT2D eigenvalue weighted by molar-refractivity contribution is -0.120. The monoisotopic (exact) mass is 321 g/mol. The summed E-state index contributed by atoms with van der Waals surface area (Å²) in [6.45, 7) is 2.50. The van der Waals surface area contributed by atoms with Crippen LogP contribution >= 0.6 is 12.4 Å². The standard InChI is InChI=1S/C15H19N5O.ClH/c21-15(13-3-7-17-8-4-13)19-14-9-18-20(11-14)10-12-1-5-16-6-2-12;/h1-2,5-6,9,11,13,17H,3-4,7-8,10H2,(H,19,21);1H. The molecule has 7 heteroatoms.